The van der Waals surface area contributed by atoms with Gasteiger partial charge in [0.25, 0.3) is 5.91 Å². The number of esters is 1. The van der Waals surface area contributed by atoms with Crippen molar-refractivity contribution in [1.29, 1.82) is 0 Å². The van der Waals surface area contributed by atoms with E-state index in [2.05, 4.69) is 30.4 Å². The molecule has 1 amide bonds. The van der Waals surface area contributed by atoms with Crippen LogP contribution in [0.4, 0.5) is 5.00 Å². The number of hydrogen-bond acceptors (Lipinski definition) is 4. The molecular weight excluding hydrogens is 360 g/mol. The smallest absolute Gasteiger partial charge is 0.340 e. The lowest BCUT2D eigenvalue weighted by Gasteiger charge is -2.10. The second kappa shape index (κ2) is 7.56. The van der Waals surface area contributed by atoms with Crippen LogP contribution in [0.3, 0.4) is 0 Å². The summed E-state index contributed by atoms with van der Waals surface area (Å²) in [6, 6.07) is 8.08. The zero-order chi connectivity index (χ0) is 19.7. The van der Waals surface area contributed by atoms with Crippen molar-refractivity contribution in [1.82, 2.24) is 4.57 Å². The van der Waals surface area contributed by atoms with Crippen LogP contribution in [0.2, 0.25) is 0 Å². The van der Waals surface area contributed by atoms with Crippen molar-refractivity contribution < 1.29 is 14.3 Å². The van der Waals surface area contributed by atoms with Crippen LogP contribution in [-0.4, -0.2) is 23.6 Å². The molecule has 0 saturated carbocycles. The highest BCUT2D eigenvalue weighted by Gasteiger charge is 2.23. The molecule has 0 aliphatic heterocycles. The Morgan fingerprint density at radius 3 is 2.56 bits per heavy atom. The van der Waals surface area contributed by atoms with Crippen molar-refractivity contribution in [2.45, 2.75) is 40.7 Å². The van der Waals surface area contributed by atoms with Crippen LogP contribution in [0.5, 0.6) is 0 Å². The summed E-state index contributed by atoms with van der Waals surface area (Å²) in [6.07, 6.45) is 0.950. The maximum atomic E-state index is 13.1. The number of fused-ring (bicyclic) bond motifs is 1. The fraction of sp³-hybridized carbons (Fsp3) is 0.333. The third kappa shape index (κ3) is 3.37. The van der Waals surface area contributed by atoms with Gasteiger partial charge >= 0.3 is 5.97 Å². The molecule has 3 rings (SSSR count). The molecule has 1 N–H and O–H groups in total. The molecule has 5 nitrogen and oxygen atoms in total. The van der Waals surface area contributed by atoms with Gasteiger partial charge in [-0.25, -0.2) is 4.79 Å². The van der Waals surface area contributed by atoms with E-state index in [9.17, 15) is 9.59 Å². The van der Waals surface area contributed by atoms with Crippen LogP contribution in [-0.2, 0) is 17.7 Å². The summed E-state index contributed by atoms with van der Waals surface area (Å²) in [4.78, 5) is 26.1. The van der Waals surface area contributed by atoms with Crippen LogP contribution in [0, 0.1) is 13.8 Å². The molecule has 0 fully saturated rings. The van der Waals surface area contributed by atoms with Gasteiger partial charge in [-0.15, -0.1) is 11.3 Å². The number of aromatic nitrogens is 1. The second-order valence-corrected chi connectivity index (χ2v) is 7.72. The van der Waals surface area contributed by atoms with Gasteiger partial charge < -0.3 is 14.6 Å². The third-order valence-electron chi connectivity index (χ3n) is 4.81. The topological polar surface area (TPSA) is 60.3 Å². The minimum atomic E-state index is -0.449. The lowest BCUT2D eigenvalue weighted by atomic mass is 10.1. The van der Waals surface area contributed by atoms with E-state index < -0.39 is 5.97 Å². The van der Waals surface area contributed by atoms with Gasteiger partial charge in [-0.1, -0.05) is 13.0 Å². The largest absolute Gasteiger partial charge is 0.465 e. The Bertz CT molecular complexity index is 1030. The first-order valence-electron chi connectivity index (χ1n) is 9.03. The van der Waals surface area contributed by atoms with Gasteiger partial charge in [0.05, 0.1) is 12.7 Å². The molecule has 0 saturated heterocycles. The molecule has 2 heterocycles. The highest BCUT2D eigenvalue weighted by molar-refractivity contribution is 7.16. The highest BCUT2D eigenvalue weighted by atomic mass is 32.1. The van der Waals surface area contributed by atoms with Gasteiger partial charge in [0.1, 0.15) is 10.7 Å². The predicted molar refractivity (Wildman–Crippen MR) is 110 cm³/mol. The molecular formula is C21H24N2O3S. The Kier molecular flexibility index (Phi) is 5.37. The molecule has 0 atom stereocenters. The van der Waals surface area contributed by atoms with E-state index >= 15 is 0 Å². The zero-order valence-corrected chi connectivity index (χ0v) is 17.1. The maximum Gasteiger partial charge on any atom is 0.340 e. The Labute approximate surface area is 163 Å². The van der Waals surface area contributed by atoms with Gasteiger partial charge in [0.15, 0.2) is 0 Å². The molecule has 0 unspecified atom stereocenters. The Morgan fingerprint density at radius 2 is 1.93 bits per heavy atom. The first-order valence-corrected chi connectivity index (χ1v) is 9.84. The van der Waals surface area contributed by atoms with Crippen LogP contribution < -0.4 is 5.32 Å². The first-order chi connectivity index (χ1) is 12.9. The summed E-state index contributed by atoms with van der Waals surface area (Å²) < 4.78 is 6.86. The summed E-state index contributed by atoms with van der Waals surface area (Å²) in [5, 5.41) is 4.54. The molecule has 2 aromatic heterocycles. The quantitative estimate of drug-likeness (QED) is 0.634. The van der Waals surface area contributed by atoms with Crippen molar-refractivity contribution in [3.63, 3.8) is 0 Å². The normalized spacial score (nSPS) is 11.0. The van der Waals surface area contributed by atoms with Gasteiger partial charge in [-0.2, -0.15) is 0 Å². The summed E-state index contributed by atoms with van der Waals surface area (Å²) >= 11 is 1.37. The Balaban J connectivity index is 2.06. The van der Waals surface area contributed by atoms with Crippen LogP contribution in [0.25, 0.3) is 10.9 Å². The molecule has 27 heavy (non-hydrogen) atoms. The molecule has 6 heteroatoms. The fourth-order valence-corrected chi connectivity index (χ4v) is 4.34. The van der Waals surface area contributed by atoms with Crippen molar-refractivity contribution in [2.24, 2.45) is 0 Å². The second-order valence-electron chi connectivity index (χ2n) is 6.47. The highest BCUT2D eigenvalue weighted by Crippen LogP contribution is 2.31. The molecule has 0 aliphatic carbocycles. The number of methoxy groups -OCH3 is 1. The Hall–Kier alpha value is -2.60. The van der Waals surface area contributed by atoms with E-state index in [1.807, 2.05) is 25.3 Å². The van der Waals surface area contributed by atoms with E-state index in [1.54, 1.807) is 6.07 Å². The van der Waals surface area contributed by atoms with Crippen molar-refractivity contribution >= 4 is 39.1 Å². The van der Waals surface area contributed by atoms with E-state index in [1.165, 1.54) is 24.0 Å². The number of thiophene rings is 1. The number of carbonyl (C=O) groups is 2. The molecule has 142 valence electrons. The van der Waals surface area contributed by atoms with Crippen LogP contribution >= 0.6 is 11.3 Å². The summed E-state index contributed by atoms with van der Waals surface area (Å²) in [5.41, 5.74) is 4.26. The number of nitrogens with zero attached hydrogens (tertiary/aromatic N) is 1. The maximum absolute atomic E-state index is 13.1. The minimum absolute atomic E-state index is 0.212. The third-order valence-corrected chi connectivity index (χ3v) is 5.77. The average molecular weight is 385 g/mol. The van der Waals surface area contributed by atoms with Gasteiger partial charge in [0.2, 0.25) is 0 Å². The number of ether oxygens (including phenoxy) is 1. The predicted octanol–water partition coefficient (Wildman–Crippen LogP) is 4.94. The van der Waals surface area contributed by atoms with Crippen molar-refractivity contribution in [2.75, 3.05) is 12.4 Å². The van der Waals surface area contributed by atoms with Gasteiger partial charge in [0, 0.05) is 22.3 Å². The zero-order valence-electron chi connectivity index (χ0n) is 16.3. The molecule has 0 aliphatic rings. The number of amides is 1. The number of aryl methyl sites for hydroxylation is 4. The van der Waals surface area contributed by atoms with E-state index in [4.69, 9.17) is 4.74 Å². The Morgan fingerprint density at radius 1 is 1.19 bits per heavy atom. The number of nitrogens with one attached hydrogen (secondary N) is 1. The number of hydrogen-bond donors (Lipinski definition) is 1. The first kappa shape index (κ1) is 19.2. The van der Waals surface area contributed by atoms with E-state index in [0.717, 1.165) is 27.8 Å². The molecule has 0 radical (unpaired) electrons. The lowest BCUT2D eigenvalue weighted by molar-refractivity contribution is 0.0602. The monoisotopic (exact) mass is 384 g/mol. The SMILES string of the molecule is CCc1ccc2c(c1)c(C)c(C(=O)Nc1sc(C)cc1C(=O)OC)n2CC. The molecule has 1 aromatic carbocycles. The van der Waals surface area contributed by atoms with Crippen LogP contribution in [0.1, 0.15) is 50.7 Å². The average Bonchev–Trinajstić information content (AvgIpc) is 3.17. The standard InChI is InChI=1S/C21H24N2O3S/c1-6-14-8-9-17-15(11-14)13(4)18(23(17)7-2)19(24)22-20-16(21(25)26-5)10-12(3)27-20/h8-11H,6-7H2,1-5H3,(H,22,24). The van der Waals surface area contributed by atoms with Gasteiger partial charge in [-0.05, 0) is 56.5 Å². The molecule has 0 bridgehead atoms. The minimum Gasteiger partial charge on any atom is -0.465 e. The summed E-state index contributed by atoms with van der Waals surface area (Å²) in [7, 11) is 1.34. The number of anilines is 1. The fourth-order valence-electron chi connectivity index (χ4n) is 3.44. The van der Waals surface area contributed by atoms with Crippen molar-refractivity contribution in [3.8, 4) is 0 Å². The molecule has 3 aromatic rings. The summed E-state index contributed by atoms with van der Waals surface area (Å²) in [6.45, 7) is 8.70. The van der Waals surface area contributed by atoms with Crippen molar-refractivity contribution in [3.05, 3.63) is 51.5 Å². The molecule has 0 spiro atoms. The number of benzene rings is 1. The van der Waals surface area contributed by atoms with E-state index in [0.29, 0.717) is 22.8 Å². The number of rotatable bonds is 5. The van der Waals surface area contributed by atoms with E-state index in [-0.39, 0.29) is 5.91 Å². The number of carbonyl (C=O) groups excluding carboxylic acids is 2. The van der Waals surface area contributed by atoms with Gasteiger partial charge in [-0.3, -0.25) is 4.79 Å². The van der Waals surface area contributed by atoms with Crippen LogP contribution in [0.15, 0.2) is 24.3 Å². The summed E-state index contributed by atoms with van der Waals surface area (Å²) in [5.74, 6) is -0.661. The lowest BCUT2D eigenvalue weighted by Crippen LogP contribution is -2.18.